The average molecular weight is 367 g/mol. The molecule has 0 atom stereocenters. The van der Waals surface area contributed by atoms with Crippen LogP contribution in [-0.4, -0.2) is 39.6 Å². The second-order valence-corrected chi connectivity index (χ2v) is 6.37. The first-order valence-electron chi connectivity index (χ1n) is 7.60. The van der Waals surface area contributed by atoms with Crippen LogP contribution in [0.3, 0.4) is 0 Å². The minimum atomic E-state index is -4.48. The largest absolute Gasteiger partial charge is 0.737 e. The molecule has 1 aliphatic rings. The highest BCUT2D eigenvalue weighted by Gasteiger charge is 2.50. The zero-order valence-corrected chi connectivity index (χ0v) is 14.7. The van der Waals surface area contributed by atoms with Crippen molar-refractivity contribution in [1.29, 1.82) is 0 Å². The van der Waals surface area contributed by atoms with Crippen LogP contribution in [0.4, 0.5) is 19.5 Å². The van der Waals surface area contributed by atoms with Gasteiger partial charge in [0.15, 0.2) is 5.69 Å². The molecular formula is C15H16BF2N3O3S. The van der Waals surface area contributed by atoms with Gasteiger partial charge in [0.05, 0.1) is 12.2 Å². The number of aliphatic imine (C=N–C) groups is 1. The fraction of sp³-hybridized carbons (Fsp3) is 0.267. The lowest BCUT2D eigenvalue weighted by atomic mass is 10.0. The summed E-state index contributed by atoms with van der Waals surface area (Å²) < 4.78 is 39.3. The van der Waals surface area contributed by atoms with E-state index in [-0.39, 0.29) is 23.3 Å². The molecule has 0 amide bonds. The maximum absolute atomic E-state index is 14.5. The molecular weight excluding hydrogens is 351 g/mol. The van der Waals surface area contributed by atoms with Crippen molar-refractivity contribution in [2.75, 3.05) is 25.6 Å². The van der Waals surface area contributed by atoms with E-state index in [9.17, 15) is 13.4 Å². The van der Waals surface area contributed by atoms with Gasteiger partial charge >= 0.3 is 18.1 Å². The molecule has 132 valence electrons. The molecule has 0 spiro atoms. The first-order valence-corrected chi connectivity index (χ1v) is 8.48. The van der Waals surface area contributed by atoms with Gasteiger partial charge in [0.25, 0.3) is 5.90 Å². The number of thiazole rings is 1. The number of halogens is 2. The predicted molar refractivity (Wildman–Crippen MR) is 91.9 cm³/mol. The third kappa shape index (κ3) is 3.21. The van der Waals surface area contributed by atoms with Gasteiger partial charge in [0, 0.05) is 30.2 Å². The van der Waals surface area contributed by atoms with E-state index in [1.54, 1.807) is 31.2 Å². The number of nitrogens with zero attached hydrogens (tertiary/aromatic N) is 3. The number of fused-ring (bicyclic) bond motifs is 1. The molecule has 0 aliphatic carbocycles. The van der Waals surface area contributed by atoms with Crippen molar-refractivity contribution >= 4 is 41.1 Å². The predicted octanol–water partition coefficient (Wildman–Crippen LogP) is 2.61. The highest BCUT2D eigenvalue weighted by molar-refractivity contribution is 7.13. The van der Waals surface area contributed by atoms with E-state index < -0.39 is 13.0 Å². The minimum Gasteiger partial charge on any atom is -0.590 e. The van der Waals surface area contributed by atoms with Crippen molar-refractivity contribution in [3.8, 4) is 0 Å². The number of anilines is 1. The normalized spacial score (nSPS) is 15.0. The number of carbonyl (C=O) groups excluding carboxylic acids is 1. The summed E-state index contributed by atoms with van der Waals surface area (Å²) in [5.74, 6) is -1.00. The number of aromatic nitrogens is 1. The Balaban J connectivity index is 2.00. The van der Waals surface area contributed by atoms with Gasteiger partial charge in [0.1, 0.15) is 0 Å². The van der Waals surface area contributed by atoms with Crippen LogP contribution in [0.25, 0.3) is 0 Å². The van der Waals surface area contributed by atoms with Gasteiger partial charge < -0.3 is 27.4 Å². The highest BCUT2D eigenvalue weighted by Crippen LogP contribution is 2.28. The average Bonchev–Trinajstić information content (AvgIpc) is 3.00. The maximum Gasteiger partial charge on any atom is 0.737 e. The van der Waals surface area contributed by atoms with Crippen LogP contribution in [0.2, 0.25) is 0 Å². The number of benzene rings is 1. The van der Waals surface area contributed by atoms with Crippen LogP contribution in [0.1, 0.15) is 23.0 Å². The first kappa shape index (κ1) is 17.3. The zero-order chi connectivity index (χ0) is 18.2. The number of rotatable bonds is 4. The molecule has 1 aromatic heterocycles. The van der Waals surface area contributed by atoms with Gasteiger partial charge in [-0.05, 0) is 31.2 Å². The van der Waals surface area contributed by atoms with E-state index in [1.807, 2.05) is 19.0 Å². The molecule has 3 rings (SSSR count). The molecule has 6 nitrogen and oxygen atoms in total. The molecule has 2 heterocycles. The van der Waals surface area contributed by atoms with Gasteiger partial charge in [-0.1, -0.05) is 11.3 Å². The summed E-state index contributed by atoms with van der Waals surface area (Å²) in [6.45, 7) is 1.70. The Bertz CT molecular complexity index is 837. The summed E-state index contributed by atoms with van der Waals surface area (Å²) in [4.78, 5) is 17.9. The SMILES string of the molecule is CCOC(=O)c1csc2[n+]1[B-](F)(F)OC(c1ccc(N(C)C)cc1)=N2. The van der Waals surface area contributed by atoms with E-state index in [1.165, 1.54) is 5.38 Å². The number of ether oxygens (including phenoxy) is 1. The van der Waals surface area contributed by atoms with E-state index in [2.05, 4.69) is 4.99 Å². The van der Waals surface area contributed by atoms with Crippen LogP contribution < -0.4 is 9.38 Å². The molecule has 0 radical (unpaired) electrons. The van der Waals surface area contributed by atoms with Crippen LogP contribution in [0.15, 0.2) is 34.6 Å². The smallest absolute Gasteiger partial charge is 0.590 e. The lowest BCUT2D eigenvalue weighted by molar-refractivity contribution is -0.566. The topological polar surface area (TPSA) is 55.0 Å². The van der Waals surface area contributed by atoms with Gasteiger partial charge in [-0.3, -0.25) is 0 Å². The van der Waals surface area contributed by atoms with Crippen molar-refractivity contribution in [2.24, 2.45) is 4.99 Å². The Hall–Kier alpha value is -2.49. The fourth-order valence-electron chi connectivity index (χ4n) is 2.38. The molecule has 0 saturated heterocycles. The third-order valence-corrected chi connectivity index (χ3v) is 4.45. The molecule has 1 aromatic carbocycles. The second-order valence-electron chi connectivity index (χ2n) is 5.53. The van der Waals surface area contributed by atoms with Crippen LogP contribution in [0, 0.1) is 0 Å². The molecule has 0 saturated carbocycles. The number of hydrogen-bond donors (Lipinski definition) is 0. The van der Waals surface area contributed by atoms with Crippen molar-refractivity contribution < 1.29 is 27.3 Å². The Morgan fingerprint density at radius 2 is 2.04 bits per heavy atom. The lowest BCUT2D eigenvalue weighted by Gasteiger charge is -2.26. The first-order chi connectivity index (χ1) is 11.8. The van der Waals surface area contributed by atoms with Crippen molar-refractivity contribution in [3.63, 3.8) is 0 Å². The van der Waals surface area contributed by atoms with E-state index in [4.69, 9.17) is 9.39 Å². The Morgan fingerprint density at radius 3 is 2.64 bits per heavy atom. The lowest BCUT2D eigenvalue weighted by Crippen LogP contribution is -2.65. The molecule has 2 aromatic rings. The number of hydrogen-bond acceptors (Lipinski definition) is 6. The van der Waals surface area contributed by atoms with Crippen molar-refractivity contribution in [1.82, 2.24) is 0 Å². The quantitative estimate of drug-likeness (QED) is 0.616. The zero-order valence-electron chi connectivity index (χ0n) is 13.9. The summed E-state index contributed by atoms with van der Waals surface area (Å²) in [6.07, 6.45) is 0. The Labute approximate surface area is 147 Å². The number of carbonyl (C=O) groups is 1. The molecule has 0 fully saturated rings. The maximum atomic E-state index is 14.5. The van der Waals surface area contributed by atoms with E-state index in [0.717, 1.165) is 17.0 Å². The second kappa shape index (κ2) is 6.43. The molecule has 1 aliphatic heterocycles. The monoisotopic (exact) mass is 367 g/mol. The molecule has 0 unspecified atom stereocenters. The van der Waals surface area contributed by atoms with E-state index in [0.29, 0.717) is 10.0 Å². The summed E-state index contributed by atoms with van der Waals surface area (Å²) in [7, 11) is -0.721. The molecule has 0 N–H and O–H groups in total. The summed E-state index contributed by atoms with van der Waals surface area (Å²) in [5.41, 5.74) is 1.09. The molecule has 0 bridgehead atoms. The van der Waals surface area contributed by atoms with Gasteiger partial charge in [-0.25, -0.2) is 4.79 Å². The third-order valence-electron chi connectivity index (χ3n) is 3.61. The number of esters is 1. The van der Waals surface area contributed by atoms with Gasteiger partial charge in [-0.2, -0.15) is 0 Å². The van der Waals surface area contributed by atoms with Gasteiger partial charge in [-0.15, -0.1) is 0 Å². The summed E-state index contributed by atoms with van der Waals surface area (Å²) in [5, 5.41) is 1.29. The Kier molecular flexibility index (Phi) is 4.46. The minimum absolute atomic E-state index is 0.00834. The summed E-state index contributed by atoms with van der Waals surface area (Å²) in [6, 6.07) is 6.90. The van der Waals surface area contributed by atoms with Gasteiger partial charge in [0.2, 0.25) is 0 Å². The standard InChI is InChI=1S/C15H16BF2N3O3S/c1-4-23-14(22)12-9-25-15-19-13(24-16(17,18)21(12)15)10-5-7-11(8-6-10)20(2)3/h5-9H,4H2,1-3H3. The molecule has 25 heavy (non-hydrogen) atoms. The van der Waals surface area contributed by atoms with Crippen LogP contribution in [-0.2, 0) is 9.39 Å². The summed E-state index contributed by atoms with van der Waals surface area (Å²) >= 11 is 0.937. The van der Waals surface area contributed by atoms with E-state index >= 15 is 0 Å². The Morgan fingerprint density at radius 1 is 1.36 bits per heavy atom. The van der Waals surface area contributed by atoms with Crippen LogP contribution in [0.5, 0.6) is 0 Å². The van der Waals surface area contributed by atoms with Crippen molar-refractivity contribution in [2.45, 2.75) is 6.92 Å². The highest BCUT2D eigenvalue weighted by atomic mass is 32.1. The van der Waals surface area contributed by atoms with Crippen LogP contribution >= 0.6 is 11.3 Å². The fourth-order valence-corrected chi connectivity index (χ4v) is 3.28. The molecule has 10 heteroatoms. The van der Waals surface area contributed by atoms with Crippen molar-refractivity contribution in [3.05, 3.63) is 40.9 Å².